The third kappa shape index (κ3) is 4.62. The van der Waals surface area contributed by atoms with Crippen LogP contribution in [0, 0.1) is 5.82 Å². The van der Waals surface area contributed by atoms with Gasteiger partial charge in [-0.3, -0.25) is 4.79 Å². The Morgan fingerprint density at radius 1 is 1.07 bits per heavy atom. The summed E-state index contributed by atoms with van der Waals surface area (Å²) < 4.78 is 42.6. The number of nitrogens with one attached hydrogen (secondary N) is 1. The topological polar surface area (TPSA) is 75.3 Å². The van der Waals surface area contributed by atoms with Crippen molar-refractivity contribution in [2.24, 2.45) is 0 Å². The van der Waals surface area contributed by atoms with Gasteiger partial charge >= 0.3 is 0 Å². The predicted octanol–water partition coefficient (Wildman–Crippen LogP) is 2.27. The van der Waals surface area contributed by atoms with Gasteiger partial charge in [-0.05, 0) is 51.8 Å². The molecule has 160 valence electrons. The Bertz CT molecular complexity index is 752. The van der Waals surface area contributed by atoms with Gasteiger partial charge in [0.15, 0.2) is 17.9 Å². The molecule has 0 spiro atoms. The molecule has 3 fully saturated rings. The van der Waals surface area contributed by atoms with Crippen LogP contribution in [-0.4, -0.2) is 54.7 Å². The van der Waals surface area contributed by atoms with E-state index in [4.69, 9.17) is 23.7 Å². The largest absolute Gasteiger partial charge is 0.348 e. The van der Waals surface area contributed by atoms with Gasteiger partial charge in [0, 0.05) is 6.42 Å². The van der Waals surface area contributed by atoms with Gasteiger partial charge in [0.05, 0.1) is 12.6 Å². The number of halogens is 1. The number of ether oxygens (including phenoxy) is 5. The Balaban J connectivity index is 1.42. The SMILES string of the molecule is CC1(C)O[C@H]2O[C@H]([C@H]3COC(C)(C)O3)[C@H](NC(=O)CCc3ccc(F)cc3)[C@H]2O1. The van der Waals surface area contributed by atoms with E-state index in [1.807, 2.05) is 27.7 Å². The summed E-state index contributed by atoms with van der Waals surface area (Å²) in [7, 11) is 0. The number of carbonyl (C=O) groups excluding carboxylic acids is 1. The minimum Gasteiger partial charge on any atom is -0.348 e. The normalized spacial score (nSPS) is 34.9. The molecule has 0 saturated carbocycles. The van der Waals surface area contributed by atoms with E-state index in [-0.39, 0.29) is 24.2 Å². The third-order valence-corrected chi connectivity index (χ3v) is 5.37. The molecule has 0 radical (unpaired) electrons. The number of benzene rings is 1. The predicted molar refractivity (Wildman–Crippen MR) is 100 cm³/mol. The molecule has 0 bridgehead atoms. The fraction of sp³-hybridized carbons (Fsp3) is 0.667. The molecule has 3 heterocycles. The molecule has 3 aliphatic heterocycles. The summed E-state index contributed by atoms with van der Waals surface area (Å²) in [6, 6.07) is 5.72. The summed E-state index contributed by atoms with van der Waals surface area (Å²) in [5.41, 5.74) is 0.898. The number of carbonyl (C=O) groups is 1. The smallest absolute Gasteiger partial charge is 0.220 e. The van der Waals surface area contributed by atoms with E-state index in [1.165, 1.54) is 12.1 Å². The van der Waals surface area contributed by atoms with Crippen LogP contribution in [0.4, 0.5) is 4.39 Å². The van der Waals surface area contributed by atoms with Gasteiger partial charge in [0.1, 0.15) is 24.1 Å². The summed E-state index contributed by atoms with van der Waals surface area (Å²) in [5, 5.41) is 3.05. The first-order valence-electron chi connectivity index (χ1n) is 9.99. The fourth-order valence-corrected chi connectivity index (χ4v) is 4.06. The van der Waals surface area contributed by atoms with E-state index in [0.29, 0.717) is 13.0 Å². The molecule has 0 aliphatic carbocycles. The van der Waals surface area contributed by atoms with Gasteiger partial charge in [-0.2, -0.15) is 0 Å². The summed E-state index contributed by atoms with van der Waals surface area (Å²) in [4.78, 5) is 12.7. The lowest BCUT2D eigenvalue weighted by atomic mass is 10.0. The lowest BCUT2D eigenvalue weighted by Gasteiger charge is -2.29. The monoisotopic (exact) mass is 409 g/mol. The molecule has 5 atom stereocenters. The number of amides is 1. The Morgan fingerprint density at radius 2 is 1.79 bits per heavy atom. The Labute approximate surface area is 169 Å². The second-order valence-electron chi connectivity index (χ2n) is 8.66. The second-order valence-corrected chi connectivity index (χ2v) is 8.66. The maximum atomic E-state index is 13.0. The average molecular weight is 409 g/mol. The molecule has 1 aromatic rings. The van der Waals surface area contributed by atoms with Crippen molar-refractivity contribution in [2.75, 3.05) is 6.61 Å². The molecule has 3 aliphatic rings. The highest BCUT2D eigenvalue weighted by Crippen LogP contribution is 2.40. The molecule has 3 saturated heterocycles. The van der Waals surface area contributed by atoms with Gasteiger partial charge in [0.2, 0.25) is 5.91 Å². The van der Waals surface area contributed by atoms with E-state index in [2.05, 4.69) is 5.32 Å². The van der Waals surface area contributed by atoms with Crippen LogP contribution < -0.4 is 5.32 Å². The number of rotatable bonds is 5. The standard InChI is InChI=1S/C21H28FNO6/c1-20(2)25-11-14(27-20)17-16(18-19(26-17)29-21(3,4)28-18)23-15(24)10-7-12-5-8-13(22)9-6-12/h5-6,8-9,14,16-19H,7,10-11H2,1-4H3,(H,23,24)/t14-,16+,17-,18-,19-/m1/s1. The summed E-state index contributed by atoms with van der Waals surface area (Å²) >= 11 is 0. The molecule has 0 aromatic heterocycles. The zero-order valence-corrected chi connectivity index (χ0v) is 17.1. The minimum atomic E-state index is -0.788. The van der Waals surface area contributed by atoms with Crippen molar-refractivity contribution in [3.63, 3.8) is 0 Å². The van der Waals surface area contributed by atoms with Gasteiger partial charge in [-0.1, -0.05) is 12.1 Å². The first-order chi connectivity index (χ1) is 13.6. The van der Waals surface area contributed by atoms with Crippen LogP contribution >= 0.6 is 0 Å². The van der Waals surface area contributed by atoms with Crippen molar-refractivity contribution in [3.8, 4) is 0 Å². The highest BCUT2D eigenvalue weighted by atomic mass is 19.1. The summed E-state index contributed by atoms with van der Waals surface area (Å²) in [5.74, 6) is -1.92. The molecule has 29 heavy (non-hydrogen) atoms. The van der Waals surface area contributed by atoms with Crippen molar-refractivity contribution < 1.29 is 32.9 Å². The van der Waals surface area contributed by atoms with Crippen LogP contribution in [0.3, 0.4) is 0 Å². The minimum absolute atomic E-state index is 0.139. The van der Waals surface area contributed by atoms with E-state index in [1.54, 1.807) is 12.1 Å². The van der Waals surface area contributed by atoms with Crippen LogP contribution in [0.25, 0.3) is 0 Å². The van der Waals surface area contributed by atoms with Crippen molar-refractivity contribution in [1.82, 2.24) is 5.32 Å². The number of hydrogen-bond donors (Lipinski definition) is 1. The first-order valence-corrected chi connectivity index (χ1v) is 9.99. The summed E-state index contributed by atoms with van der Waals surface area (Å²) in [6.07, 6.45) is -1.02. The number of fused-ring (bicyclic) bond motifs is 1. The van der Waals surface area contributed by atoms with E-state index in [0.717, 1.165) is 5.56 Å². The number of aryl methyl sites for hydroxylation is 1. The van der Waals surface area contributed by atoms with Crippen molar-refractivity contribution in [2.45, 2.75) is 82.8 Å². The number of hydrogen-bond acceptors (Lipinski definition) is 6. The van der Waals surface area contributed by atoms with Gasteiger partial charge in [0.25, 0.3) is 0 Å². The quantitative estimate of drug-likeness (QED) is 0.804. The summed E-state index contributed by atoms with van der Waals surface area (Å²) in [6.45, 7) is 7.68. The molecular weight excluding hydrogens is 381 g/mol. The first kappa shape index (κ1) is 20.7. The van der Waals surface area contributed by atoms with Crippen LogP contribution in [0.15, 0.2) is 24.3 Å². The van der Waals surface area contributed by atoms with Crippen LogP contribution in [0.5, 0.6) is 0 Å². The molecule has 7 nitrogen and oxygen atoms in total. The zero-order valence-electron chi connectivity index (χ0n) is 17.1. The maximum absolute atomic E-state index is 13.0. The highest BCUT2D eigenvalue weighted by Gasteiger charge is 2.58. The van der Waals surface area contributed by atoms with Gasteiger partial charge in [-0.15, -0.1) is 0 Å². The Hall–Kier alpha value is -1.58. The highest BCUT2D eigenvalue weighted by molar-refractivity contribution is 5.76. The Kier molecular flexibility index (Phi) is 5.41. The van der Waals surface area contributed by atoms with Crippen LogP contribution in [0.1, 0.15) is 39.7 Å². The molecule has 1 N–H and O–H groups in total. The van der Waals surface area contributed by atoms with Gasteiger partial charge < -0.3 is 29.0 Å². The zero-order chi connectivity index (χ0) is 20.8. The fourth-order valence-electron chi connectivity index (χ4n) is 4.06. The maximum Gasteiger partial charge on any atom is 0.220 e. The molecule has 4 rings (SSSR count). The molecule has 1 aromatic carbocycles. The van der Waals surface area contributed by atoms with E-state index >= 15 is 0 Å². The lowest BCUT2D eigenvalue weighted by molar-refractivity contribution is -0.223. The van der Waals surface area contributed by atoms with Crippen molar-refractivity contribution >= 4 is 5.91 Å². The third-order valence-electron chi connectivity index (χ3n) is 5.37. The van der Waals surface area contributed by atoms with E-state index in [9.17, 15) is 9.18 Å². The second kappa shape index (κ2) is 7.59. The van der Waals surface area contributed by atoms with Crippen LogP contribution in [-0.2, 0) is 34.9 Å². The Morgan fingerprint density at radius 3 is 2.45 bits per heavy atom. The molecule has 0 unspecified atom stereocenters. The van der Waals surface area contributed by atoms with E-state index < -0.39 is 36.1 Å². The average Bonchev–Trinajstić information content (AvgIpc) is 3.24. The lowest BCUT2D eigenvalue weighted by Crippen LogP contribution is -2.52. The molecule has 8 heteroatoms. The van der Waals surface area contributed by atoms with Crippen LogP contribution in [0.2, 0.25) is 0 Å². The molecule has 1 amide bonds. The van der Waals surface area contributed by atoms with Gasteiger partial charge in [-0.25, -0.2) is 4.39 Å². The molecular formula is C21H28FNO6. The van der Waals surface area contributed by atoms with Crippen molar-refractivity contribution in [1.29, 1.82) is 0 Å². The van der Waals surface area contributed by atoms with Crippen molar-refractivity contribution in [3.05, 3.63) is 35.6 Å².